The zero-order chi connectivity index (χ0) is 13.1. The number of allylic oxidation sites excluding steroid dienone is 2. The zero-order valence-electron chi connectivity index (χ0n) is 11.3. The minimum Gasteiger partial charge on any atom is -0.307 e. The van der Waals surface area contributed by atoms with Crippen molar-refractivity contribution in [2.75, 3.05) is 6.54 Å². The quantitative estimate of drug-likeness (QED) is 0.855. The van der Waals surface area contributed by atoms with Gasteiger partial charge in [0.1, 0.15) is 0 Å². The van der Waals surface area contributed by atoms with Gasteiger partial charge < -0.3 is 5.32 Å². The van der Waals surface area contributed by atoms with Crippen LogP contribution in [-0.2, 0) is 0 Å². The van der Waals surface area contributed by atoms with E-state index >= 15 is 0 Å². The molecule has 2 aromatic heterocycles. The van der Waals surface area contributed by atoms with Crippen molar-refractivity contribution in [1.29, 1.82) is 0 Å². The molecule has 0 saturated heterocycles. The number of nitrogens with one attached hydrogen (secondary N) is 1. The summed E-state index contributed by atoms with van der Waals surface area (Å²) in [5, 5.41) is 12.1. The molecule has 4 heteroatoms. The van der Waals surface area contributed by atoms with Crippen LogP contribution in [-0.4, -0.2) is 21.1 Å². The van der Waals surface area contributed by atoms with Gasteiger partial charge in [-0.3, -0.25) is 4.40 Å². The summed E-state index contributed by atoms with van der Waals surface area (Å²) >= 11 is 0. The molecule has 0 fully saturated rings. The van der Waals surface area contributed by atoms with Crippen LogP contribution in [0.15, 0.2) is 36.5 Å². The van der Waals surface area contributed by atoms with Crippen molar-refractivity contribution >= 4 is 5.65 Å². The first-order chi connectivity index (χ1) is 9.34. The van der Waals surface area contributed by atoms with E-state index in [9.17, 15) is 0 Å². The fourth-order valence-corrected chi connectivity index (χ4v) is 2.63. The molecule has 2 heterocycles. The summed E-state index contributed by atoms with van der Waals surface area (Å²) < 4.78 is 2.05. The van der Waals surface area contributed by atoms with Crippen molar-refractivity contribution in [2.45, 2.75) is 32.2 Å². The lowest BCUT2D eigenvalue weighted by atomic mass is 9.94. The molecule has 2 atom stereocenters. The van der Waals surface area contributed by atoms with Crippen molar-refractivity contribution in [3.05, 3.63) is 42.4 Å². The Morgan fingerprint density at radius 3 is 3.16 bits per heavy atom. The van der Waals surface area contributed by atoms with Crippen LogP contribution >= 0.6 is 0 Å². The van der Waals surface area contributed by atoms with Crippen LogP contribution in [0.3, 0.4) is 0 Å². The lowest BCUT2D eigenvalue weighted by molar-refractivity contribution is 0.408. The molecular weight excluding hydrogens is 236 g/mol. The maximum Gasteiger partial charge on any atom is 0.160 e. The van der Waals surface area contributed by atoms with E-state index in [4.69, 9.17) is 0 Å². The van der Waals surface area contributed by atoms with Crippen molar-refractivity contribution in [3.63, 3.8) is 0 Å². The molecule has 100 valence electrons. The summed E-state index contributed by atoms with van der Waals surface area (Å²) in [6, 6.07) is 6.21. The van der Waals surface area contributed by atoms with Gasteiger partial charge in [-0.15, -0.1) is 10.2 Å². The molecule has 1 N–H and O–H groups in total. The Kier molecular flexibility index (Phi) is 3.60. The Hall–Kier alpha value is -1.68. The first-order valence-corrected chi connectivity index (χ1v) is 7.02. The van der Waals surface area contributed by atoms with Gasteiger partial charge in [0.2, 0.25) is 0 Å². The minimum absolute atomic E-state index is 0.225. The smallest absolute Gasteiger partial charge is 0.160 e. The maximum atomic E-state index is 4.30. The zero-order valence-corrected chi connectivity index (χ0v) is 11.3. The predicted octanol–water partition coefficient (Wildman–Crippen LogP) is 2.74. The summed E-state index contributed by atoms with van der Waals surface area (Å²) in [7, 11) is 0. The fraction of sp³-hybridized carbons (Fsp3) is 0.467. The van der Waals surface area contributed by atoms with Crippen LogP contribution in [0.1, 0.15) is 38.1 Å². The van der Waals surface area contributed by atoms with Crippen molar-refractivity contribution < 1.29 is 0 Å². The molecular formula is C15H20N4. The molecule has 1 aliphatic rings. The Bertz CT molecular complexity index is 572. The molecule has 0 spiro atoms. The number of hydrogen-bond donors (Lipinski definition) is 1. The predicted molar refractivity (Wildman–Crippen MR) is 75.9 cm³/mol. The molecule has 1 aliphatic carbocycles. The highest BCUT2D eigenvalue weighted by atomic mass is 15.3. The van der Waals surface area contributed by atoms with E-state index in [1.165, 1.54) is 19.3 Å². The lowest BCUT2D eigenvalue weighted by Crippen LogP contribution is -2.27. The monoisotopic (exact) mass is 256 g/mol. The van der Waals surface area contributed by atoms with E-state index in [0.717, 1.165) is 23.9 Å². The topological polar surface area (TPSA) is 42.2 Å². The van der Waals surface area contributed by atoms with E-state index in [2.05, 4.69) is 39.0 Å². The molecule has 0 saturated carbocycles. The Morgan fingerprint density at radius 1 is 1.37 bits per heavy atom. The minimum atomic E-state index is 0.225. The van der Waals surface area contributed by atoms with Crippen LogP contribution in [0.5, 0.6) is 0 Å². The highest BCUT2D eigenvalue weighted by Gasteiger charge is 2.15. The average Bonchev–Trinajstić information content (AvgIpc) is 2.90. The van der Waals surface area contributed by atoms with Crippen LogP contribution in [0.2, 0.25) is 0 Å². The fourth-order valence-electron chi connectivity index (χ4n) is 2.63. The molecule has 0 radical (unpaired) electrons. The molecule has 19 heavy (non-hydrogen) atoms. The normalized spacial score (nSPS) is 20.8. The Morgan fingerprint density at radius 2 is 2.32 bits per heavy atom. The Labute approximate surface area is 113 Å². The second-order valence-corrected chi connectivity index (χ2v) is 5.27. The van der Waals surface area contributed by atoms with Gasteiger partial charge in [0.15, 0.2) is 11.5 Å². The van der Waals surface area contributed by atoms with Crippen molar-refractivity contribution in [1.82, 2.24) is 19.9 Å². The van der Waals surface area contributed by atoms with E-state index in [0.29, 0.717) is 0 Å². The third-order valence-electron chi connectivity index (χ3n) is 3.82. The summed E-state index contributed by atoms with van der Waals surface area (Å²) in [6.45, 7) is 3.20. The number of hydrogen-bond acceptors (Lipinski definition) is 3. The van der Waals surface area contributed by atoms with Crippen LogP contribution in [0, 0.1) is 5.92 Å². The van der Waals surface area contributed by atoms with Crippen LogP contribution in [0.25, 0.3) is 5.65 Å². The summed E-state index contributed by atoms with van der Waals surface area (Å²) in [4.78, 5) is 0. The van der Waals surface area contributed by atoms with E-state index in [-0.39, 0.29) is 6.04 Å². The molecule has 4 nitrogen and oxygen atoms in total. The largest absolute Gasteiger partial charge is 0.307 e. The highest BCUT2D eigenvalue weighted by molar-refractivity contribution is 5.37. The molecule has 0 amide bonds. The van der Waals surface area contributed by atoms with Crippen molar-refractivity contribution in [2.24, 2.45) is 5.92 Å². The van der Waals surface area contributed by atoms with Gasteiger partial charge in [-0.05, 0) is 50.8 Å². The summed E-state index contributed by atoms with van der Waals surface area (Å²) in [6.07, 6.45) is 10.3. The SMILES string of the molecule is CC(NCC1CC=CCC1)c1nnc2ccccn12. The van der Waals surface area contributed by atoms with E-state index in [1.807, 2.05) is 24.4 Å². The standard InChI is InChI=1S/C15H20N4/c1-12(16-11-13-7-3-2-4-8-13)15-18-17-14-9-5-6-10-19(14)15/h2-3,5-6,9-10,12-13,16H,4,7-8,11H2,1H3. The molecule has 0 aromatic carbocycles. The first-order valence-electron chi connectivity index (χ1n) is 7.02. The summed E-state index contributed by atoms with van der Waals surface area (Å²) in [5.74, 6) is 1.74. The average molecular weight is 256 g/mol. The first kappa shape index (κ1) is 12.4. The molecule has 0 aliphatic heterocycles. The lowest BCUT2D eigenvalue weighted by Gasteiger charge is -2.20. The van der Waals surface area contributed by atoms with E-state index < -0.39 is 0 Å². The molecule has 2 unspecified atom stereocenters. The number of pyridine rings is 1. The van der Waals surface area contributed by atoms with Gasteiger partial charge in [0.25, 0.3) is 0 Å². The van der Waals surface area contributed by atoms with Crippen LogP contribution < -0.4 is 5.32 Å². The summed E-state index contributed by atoms with van der Waals surface area (Å²) in [5.41, 5.74) is 0.909. The third-order valence-corrected chi connectivity index (χ3v) is 3.82. The van der Waals surface area contributed by atoms with Gasteiger partial charge in [0, 0.05) is 6.20 Å². The maximum absolute atomic E-state index is 4.30. The van der Waals surface area contributed by atoms with E-state index in [1.54, 1.807) is 0 Å². The number of nitrogens with zero attached hydrogens (tertiary/aromatic N) is 3. The molecule has 3 rings (SSSR count). The number of aromatic nitrogens is 3. The Balaban J connectivity index is 1.66. The second kappa shape index (κ2) is 5.53. The van der Waals surface area contributed by atoms with Gasteiger partial charge in [0.05, 0.1) is 6.04 Å². The van der Waals surface area contributed by atoms with Crippen LogP contribution in [0.4, 0.5) is 0 Å². The van der Waals surface area contributed by atoms with Gasteiger partial charge in [-0.2, -0.15) is 0 Å². The van der Waals surface area contributed by atoms with Gasteiger partial charge in [-0.1, -0.05) is 18.2 Å². The number of fused-ring (bicyclic) bond motifs is 1. The van der Waals surface area contributed by atoms with Gasteiger partial charge in [-0.25, -0.2) is 0 Å². The molecule has 2 aromatic rings. The van der Waals surface area contributed by atoms with Crippen molar-refractivity contribution in [3.8, 4) is 0 Å². The third kappa shape index (κ3) is 2.68. The van der Waals surface area contributed by atoms with Gasteiger partial charge >= 0.3 is 0 Å². The second-order valence-electron chi connectivity index (χ2n) is 5.27. The highest BCUT2D eigenvalue weighted by Crippen LogP contribution is 2.19. The number of rotatable bonds is 4. The molecule has 0 bridgehead atoms.